The minimum Gasteiger partial charge on any atom is -0.388 e. The van der Waals surface area contributed by atoms with Gasteiger partial charge in [-0.25, -0.2) is 0 Å². The van der Waals surface area contributed by atoms with Crippen LogP contribution in [0.4, 0.5) is 0 Å². The van der Waals surface area contributed by atoms with Gasteiger partial charge in [0.1, 0.15) is 0 Å². The van der Waals surface area contributed by atoms with Crippen molar-refractivity contribution in [1.82, 2.24) is 0 Å². The van der Waals surface area contributed by atoms with E-state index in [1.165, 1.54) is 5.56 Å². The minimum absolute atomic E-state index is 0.0225. The summed E-state index contributed by atoms with van der Waals surface area (Å²) in [5, 5.41) is 10.1. The van der Waals surface area contributed by atoms with Crippen LogP contribution >= 0.6 is 0 Å². The van der Waals surface area contributed by atoms with Crippen molar-refractivity contribution in [3.05, 3.63) is 34.9 Å². The van der Waals surface area contributed by atoms with Gasteiger partial charge in [0.25, 0.3) is 0 Å². The van der Waals surface area contributed by atoms with E-state index < -0.39 is 6.10 Å². The van der Waals surface area contributed by atoms with Crippen LogP contribution in [0.15, 0.2) is 18.2 Å². The maximum absolute atomic E-state index is 10.1. The molecular formula is C14H23NO2. The van der Waals surface area contributed by atoms with Crippen molar-refractivity contribution in [3.63, 3.8) is 0 Å². The number of aryl methyl sites for hydroxylation is 2. The molecule has 0 amide bonds. The first-order valence-corrected chi connectivity index (χ1v) is 6.04. The summed E-state index contributed by atoms with van der Waals surface area (Å²) >= 11 is 0. The zero-order valence-electron chi connectivity index (χ0n) is 10.9. The summed E-state index contributed by atoms with van der Waals surface area (Å²) in [5.41, 5.74) is 9.25. The Morgan fingerprint density at radius 1 is 1.35 bits per heavy atom. The van der Waals surface area contributed by atoms with E-state index in [0.717, 1.165) is 17.5 Å². The lowest BCUT2D eigenvalue weighted by atomic mass is 9.96. The van der Waals surface area contributed by atoms with E-state index in [1.807, 2.05) is 26.0 Å². The van der Waals surface area contributed by atoms with Crippen LogP contribution in [0.3, 0.4) is 0 Å². The van der Waals surface area contributed by atoms with Crippen molar-refractivity contribution < 1.29 is 9.84 Å². The predicted molar refractivity (Wildman–Crippen MR) is 70.0 cm³/mol. The first kappa shape index (κ1) is 14.2. The molecule has 2 unspecified atom stereocenters. The van der Waals surface area contributed by atoms with Gasteiger partial charge in [0.05, 0.1) is 6.10 Å². The Kier molecular flexibility index (Phi) is 5.62. The van der Waals surface area contributed by atoms with Crippen molar-refractivity contribution in [3.8, 4) is 0 Å². The topological polar surface area (TPSA) is 55.5 Å². The van der Waals surface area contributed by atoms with E-state index in [-0.39, 0.29) is 6.04 Å². The Bertz CT molecular complexity index is 352. The average molecular weight is 237 g/mol. The van der Waals surface area contributed by atoms with Crippen molar-refractivity contribution in [2.45, 2.75) is 38.8 Å². The molecule has 0 aromatic heterocycles. The molecule has 2 atom stereocenters. The maximum Gasteiger partial charge on any atom is 0.0807 e. The second kappa shape index (κ2) is 6.74. The van der Waals surface area contributed by atoms with Crippen LogP contribution in [0.2, 0.25) is 0 Å². The van der Waals surface area contributed by atoms with Crippen molar-refractivity contribution in [2.24, 2.45) is 5.73 Å². The van der Waals surface area contributed by atoms with Crippen molar-refractivity contribution >= 4 is 0 Å². The summed E-state index contributed by atoms with van der Waals surface area (Å²) in [6.07, 6.45) is 0.869. The van der Waals surface area contributed by atoms with Gasteiger partial charge >= 0.3 is 0 Å². The van der Waals surface area contributed by atoms with Gasteiger partial charge in [-0.1, -0.05) is 23.8 Å². The highest BCUT2D eigenvalue weighted by Crippen LogP contribution is 2.23. The Morgan fingerprint density at radius 3 is 2.65 bits per heavy atom. The van der Waals surface area contributed by atoms with Gasteiger partial charge in [-0.15, -0.1) is 0 Å². The van der Waals surface area contributed by atoms with Gasteiger partial charge in [0, 0.05) is 19.8 Å². The standard InChI is InChI=1S/C14H23NO2/c1-10-4-5-13(11(2)8-10)14(16)9-12(15)6-7-17-3/h4-5,8,12,14,16H,6-7,9,15H2,1-3H3. The number of benzene rings is 1. The van der Waals surface area contributed by atoms with Crippen molar-refractivity contribution in [2.75, 3.05) is 13.7 Å². The maximum atomic E-state index is 10.1. The third kappa shape index (κ3) is 4.46. The fraction of sp³-hybridized carbons (Fsp3) is 0.571. The molecule has 17 heavy (non-hydrogen) atoms. The molecule has 3 nitrogen and oxygen atoms in total. The second-order valence-corrected chi connectivity index (χ2v) is 4.65. The van der Waals surface area contributed by atoms with Crippen LogP contribution in [0.25, 0.3) is 0 Å². The molecule has 96 valence electrons. The zero-order valence-corrected chi connectivity index (χ0v) is 10.9. The molecule has 0 aliphatic rings. The van der Waals surface area contributed by atoms with E-state index in [9.17, 15) is 5.11 Å². The van der Waals surface area contributed by atoms with Gasteiger partial charge in [-0.05, 0) is 37.8 Å². The highest BCUT2D eigenvalue weighted by molar-refractivity contribution is 5.32. The molecule has 0 saturated heterocycles. The molecular weight excluding hydrogens is 214 g/mol. The van der Waals surface area contributed by atoms with Gasteiger partial charge < -0.3 is 15.6 Å². The van der Waals surface area contributed by atoms with E-state index in [1.54, 1.807) is 7.11 Å². The Morgan fingerprint density at radius 2 is 2.06 bits per heavy atom. The first-order valence-electron chi connectivity index (χ1n) is 6.04. The molecule has 0 heterocycles. The van der Waals surface area contributed by atoms with E-state index in [0.29, 0.717) is 13.0 Å². The molecule has 0 spiro atoms. The molecule has 1 rings (SSSR count). The number of aliphatic hydroxyl groups excluding tert-OH is 1. The van der Waals surface area contributed by atoms with E-state index >= 15 is 0 Å². The number of aliphatic hydroxyl groups is 1. The number of rotatable bonds is 6. The van der Waals surface area contributed by atoms with Crippen LogP contribution in [-0.2, 0) is 4.74 Å². The minimum atomic E-state index is -0.484. The van der Waals surface area contributed by atoms with E-state index in [2.05, 4.69) is 6.07 Å². The smallest absolute Gasteiger partial charge is 0.0807 e. The molecule has 0 radical (unpaired) electrons. The Labute approximate surface area is 104 Å². The van der Waals surface area contributed by atoms with Crippen LogP contribution in [0.1, 0.15) is 35.6 Å². The molecule has 0 fully saturated rings. The summed E-state index contributed by atoms with van der Waals surface area (Å²) in [6.45, 7) is 4.71. The average Bonchev–Trinajstić information content (AvgIpc) is 2.26. The number of ether oxygens (including phenoxy) is 1. The molecule has 0 aliphatic heterocycles. The van der Waals surface area contributed by atoms with Crippen molar-refractivity contribution in [1.29, 1.82) is 0 Å². The lowest BCUT2D eigenvalue weighted by molar-refractivity contribution is 0.141. The molecule has 0 aliphatic carbocycles. The summed E-state index contributed by atoms with van der Waals surface area (Å²) in [5.74, 6) is 0. The van der Waals surface area contributed by atoms with Crippen LogP contribution in [0, 0.1) is 13.8 Å². The molecule has 3 N–H and O–H groups in total. The van der Waals surface area contributed by atoms with Gasteiger partial charge in [-0.2, -0.15) is 0 Å². The molecule has 0 bridgehead atoms. The van der Waals surface area contributed by atoms with E-state index in [4.69, 9.17) is 10.5 Å². The molecule has 1 aromatic rings. The molecule has 0 saturated carbocycles. The summed E-state index contributed by atoms with van der Waals surface area (Å²) < 4.78 is 4.98. The number of methoxy groups -OCH3 is 1. The highest BCUT2D eigenvalue weighted by Gasteiger charge is 2.14. The predicted octanol–water partition coefficient (Wildman–Crippen LogP) is 2.09. The summed E-state index contributed by atoms with van der Waals surface area (Å²) in [6, 6.07) is 6.06. The summed E-state index contributed by atoms with van der Waals surface area (Å²) in [4.78, 5) is 0. The number of hydrogen-bond acceptors (Lipinski definition) is 3. The van der Waals surface area contributed by atoms with Gasteiger partial charge in [0.15, 0.2) is 0 Å². The fourth-order valence-corrected chi connectivity index (χ4v) is 2.00. The Hall–Kier alpha value is -0.900. The third-order valence-electron chi connectivity index (χ3n) is 3.00. The number of nitrogens with two attached hydrogens (primary N) is 1. The quantitative estimate of drug-likeness (QED) is 0.796. The first-order chi connectivity index (χ1) is 8.04. The lowest BCUT2D eigenvalue weighted by Gasteiger charge is -2.18. The Balaban J connectivity index is 2.60. The van der Waals surface area contributed by atoms with Crippen LogP contribution < -0.4 is 5.73 Å². The van der Waals surface area contributed by atoms with Crippen LogP contribution in [0.5, 0.6) is 0 Å². The zero-order chi connectivity index (χ0) is 12.8. The van der Waals surface area contributed by atoms with Gasteiger partial charge in [-0.3, -0.25) is 0 Å². The third-order valence-corrected chi connectivity index (χ3v) is 3.00. The number of hydrogen-bond donors (Lipinski definition) is 2. The fourth-order valence-electron chi connectivity index (χ4n) is 2.00. The van der Waals surface area contributed by atoms with Gasteiger partial charge in [0.2, 0.25) is 0 Å². The molecule has 3 heteroatoms. The second-order valence-electron chi connectivity index (χ2n) is 4.65. The summed E-state index contributed by atoms with van der Waals surface area (Å²) in [7, 11) is 1.66. The highest BCUT2D eigenvalue weighted by atomic mass is 16.5. The normalized spacial score (nSPS) is 14.6. The largest absolute Gasteiger partial charge is 0.388 e. The monoisotopic (exact) mass is 237 g/mol. The van der Waals surface area contributed by atoms with Crippen LogP contribution in [-0.4, -0.2) is 24.9 Å². The lowest BCUT2D eigenvalue weighted by Crippen LogP contribution is -2.24. The SMILES string of the molecule is COCCC(N)CC(O)c1ccc(C)cc1C. The molecule has 1 aromatic carbocycles.